The van der Waals surface area contributed by atoms with Crippen molar-refractivity contribution in [2.45, 2.75) is 23.5 Å². The molecule has 1 fully saturated rings. The number of fused-ring (bicyclic) bond motifs is 1. The number of aryl methyl sites for hydroxylation is 1. The second kappa shape index (κ2) is 10.4. The summed E-state index contributed by atoms with van der Waals surface area (Å²) in [5.74, 6) is -1.86. The summed E-state index contributed by atoms with van der Waals surface area (Å²) in [5, 5.41) is 37.2. The van der Waals surface area contributed by atoms with E-state index in [9.17, 15) is 24.6 Å². The predicted octanol–water partition coefficient (Wildman–Crippen LogP) is 0.187. The highest BCUT2D eigenvalue weighted by Gasteiger charge is 2.54. The fraction of sp³-hybridized carbons (Fsp3) is 0.350. The first-order valence-electron chi connectivity index (χ1n) is 10.4. The maximum Gasteiger partial charge on any atom is 0.352 e. The number of tetrazole rings is 1. The Kier molecular flexibility index (Phi) is 7.25. The van der Waals surface area contributed by atoms with Gasteiger partial charge in [0.15, 0.2) is 5.71 Å². The van der Waals surface area contributed by atoms with Crippen LogP contribution in [0.5, 0.6) is 5.75 Å². The topological polar surface area (TPSA) is 172 Å². The Hall–Kier alpha value is -3.59. The molecule has 13 nitrogen and oxygen atoms in total. The molecule has 4 rings (SSSR count). The molecule has 2 aliphatic rings. The summed E-state index contributed by atoms with van der Waals surface area (Å²) < 4.78 is 1.47. The molecule has 2 aliphatic heterocycles. The lowest BCUT2D eigenvalue weighted by Gasteiger charge is -2.49. The molecule has 3 N–H and O–H groups in total. The molecule has 35 heavy (non-hydrogen) atoms. The molecule has 0 radical (unpaired) electrons. The number of carbonyl (C=O) groups is 3. The monoisotopic (exact) mass is 519 g/mol. The van der Waals surface area contributed by atoms with Gasteiger partial charge in [-0.05, 0) is 35.1 Å². The minimum atomic E-state index is -1.22. The molecule has 0 bridgehead atoms. The van der Waals surface area contributed by atoms with Gasteiger partial charge >= 0.3 is 5.97 Å². The number of amides is 2. The standard InChI is InChI=1S/C20H21N7O6S2/c1-3-33-23-13(10-5-4-6-12(28)7-10)16(29)21-14-17(30)27-15(19(31)32)11(8-34-18(14)27)9-35-20-22-24-25-26(20)2/h4-7,14,18,28H,3,8-9H2,1-2H3,(H,21,29)(H,31,32)/b23-13-/t14?,18-/m1/s1. The van der Waals surface area contributed by atoms with Crippen LogP contribution in [-0.4, -0.2) is 88.3 Å². The van der Waals surface area contributed by atoms with Crippen molar-refractivity contribution in [3.8, 4) is 5.75 Å². The molecular weight excluding hydrogens is 498 g/mol. The number of oxime groups is 1. The van der Waals surface area contributed by atoms with Gasteiger partial charge in [-0.15, -0.1) is 16.9 Å². The van der Waals surface area contributed by atoms with Crippen LogP contribution in [0.25, 0.3) is 0 Å². The van der Waals surface area contributed by atoms with E-state index < -0.39 is 29.2 Å². The third-order valence-electron chi connectivity index (χ3n) is 5.11. The van der Waals surface area contributed by atoms with Gasteiger partial charge in [-0.2, -0.15) is 0 Å². The number of carboxylic acids is 1. The minimum absolute atomic E-state index is 0.0630. The molecule has 1 saturated heterocycles. The third-order valence-corrected chi connectivity index (χ3v) is 7.55. The lowest BCUT2D eigenvalue weighted by atomic mass is 10.0. The average Bonchev–Trinajstić information content (AvgIpc) is 3.25. The fourth-order valence-corrected chi connectivity index (χ4v) is 5.84. The number of hydrogen-bond acceptors (Lipinski definition) is 11. The number of nitrogens with one attached hydrogen (secondary N) is 1. The highest BCUT2D eigenvalue weighted by molar-refractivity contribution is 8.01. The maximum absolute atomic E-state index is 13.0. The van der Waals surface area contributed by atoms with E-state index in [1.807, 2.05) is 0 Å². The van der Waals surface area contributed by atoms with Crippen LogP contribution in [0.15, 0.2) is 45.8 Å². The molecule has 2 aromatic rings. The van der Waals surface area contributed by atoms with Gasteiger partial charge in [-0.25, -0.2) is 9.48 Å². The quantitative estimate of drug-likeness (QED) is 0.179. The first-order valence-corrected chi connectivity index (χ1v) is 12.4. The average molecular weight is 520 g/mol. The molecule has 1 aromatic carbocycles. The number of aliphatic carboxylic acids is 1. The molecule has 184 valence electrons. The van der Waals surface area contributed by atoms with Crippen molar-refractivity contribution in [1.29, 1.82) is 0 Å². The van der Waals surface area contributed by atoms with Gasteiger partial charge in [0.1, 0.15) is 29.5 Å². The first-order chi connectivity index (χ1) is 16.8. The van der Waals surface area contributed by atoms with Crippen molar-refractivity contribution in [1.82, 2.24) is 30.4 Å². The Morgan fingerprint density at radius 2 is 2.20 bits per heavy atom. The third kappa shape index (κ3) is 4.95. The molecule has 0 spiro atoms. The zero-order valence-electron chi connectivity index (χ0n) is 18.6. The van der Waals surface area contributed by atoms with Gasteiger partial charge in [-0.3, -0.25) is 14.5 Å². The van der Waals surface area contributed by atoms with Gasteiger partial charge in [0.2, 0.25) is 5.16 Å². The summed E-state index contributed by atoms with van der Waals surface area (Å²) in [6.07, 6.45) is 0. The largest absolute Gasteiger partial charge is 0.508 e. The number of benzene rings is 1. The predicted molar refractivity (Wildman–Crippen MR) is 125 cm³/mol. The number of aromatic hydroxyl groups is 1. The van der Waals surface area contributed by atoms with Gasteiger partial charge in [0.25, 0.3) is 11.8 Å². The van der Waals surface area contributed by atoms with Crippen LogP contribution in [0, 0.1) is 0 Å². The fourth-order valence-electron chi connectivity index (χ4n) is 3.51. The van der Waals surface area contributed by atoms with Crippen LogP contribution in [0.3, 0.4) is 0 Å². The SMILES string of the molecule is CCO/N=C(\C(=O)NC1C(=O)N2C(C(=O)O)=C(CSc3nnnn3C)CS[C@H]12)c1cccc(O)c1. The number of carbonyl (C=O) groups excluding carboxylic acids is 2. The van der Waals surface area contributed by atoms with E-state index in [1.54, 1.807) is 26.1 Å². The normalized spacial score (nSPS) is 19.8. The molecule has 15 heteroatoms. The summed E-state index contributed by atoms with van der Waals surface area (Å²) in [4.78, 5) is 44.2. The number of phenols is 1. The molecule has 2 amide bonds. The summed E-state index contributed by atoms with van der Waals surface area (Å²) in [5.41, 5.74) is 0.657. The van der Waals surface area contributed by atoms with Crippen molar-refractivity contribution >= 4 is 47.0 Å². The minimum Gasteiger partial charge on any atom is -0.508 e. The Morgan fingerprint density at radius 3 is 2.86 bits per heavy atom. The van der Waals surface area contributed by atoms with Gasteiger partial charge < -0.3 is 20.4 Å². The lowest BCUT2D eigenvalue weighted by Crippen LogP contribution is -2.71. The van der Waals surface area contributed by atoms with Crippen molar-refractivity contribution in [2.24, 2.45) is 12.2 Å². The number of thioether (sulfide) groups is 2. The van der Waals surface area contributed by atoms with Crippen LogP contribution in [0.1, 0.15) is 12.5 Å². The van der Waals surface area contributed by atoms with Crippen LogP contribution in [0.4, 0.5) is 0 Å². The molecular formula is C20H21N7O6S2. The Morgan fingerprint density at radius 1 is 1.40 bits per heavy atom. The van der Waals surface area contributed by atoms with Gasteiger partial charge in [0.05, 0.1) is 0 Å². The maximum atomic E-state index is 13.0. The van der Waals surface area contributed by atoms with E-state index >= 15 is 0 Å². The van der Waals surface area contributed by atoms with E-state index in [4.69, 9.17) is 4.84 Å². The van der Waals surface area contributed by atoms with E-state index in [0.717, 1.165) is 0 Å². The van der Waals surface area contributed by atoms with Crippen LogP contribution >= 0.6 is 23.5 Å². The Labute approximate surface area is 207 Å². The molecule has 1 aromatic heterocycles. The molecule has 1 unspecified atom stereocenters. The van der Waals surface area contributed by atoms with Crippen LogP contribution < -0.4 is 5.32 Å². The number of β-lactam (4-membered cyclic amide) rings is 1. The highest BCUT2D eigenvalue weighted by Crippen LogP contribution is 2.41. The zero-order valence-corrected chi connectivity index (χ0v) is 20.2. The number of nitrogens with zero attached hydrogens (tertiary/aromatic N) is 6. The number of hydrogen-bond donors (Lipinski definition) is 3. The van der Waals surface area contributed by atoms with E-state index in [-0.39, 0.29) is 23.8 Å². The van der Waals surface area contributed by atoms with Crippen molar-refractivity contribution in [3.63, 3.8) is 0 Å². The number of rotatable bonds is 9. The number of phenolic OH excluding ortho intramolecular Hbond substituents is 1. The lowest BCUT2D eigenvalue weighted by molar-refractivity contribution is -0.150. The summed E-state index contributed by atoms with van der Waals surface area (Å²) in [6, 6.07) is 4.98. The molecule has 3 heterocycles. The Balaban J connectivity index is 1.51. The second-order valence-corrected chi connectivity index (χ2v) is 9.45. The van der Waals surface area contributed by atoms with Crippen LogP contribution in [0.2, 0.25) is 0 Å². The Bertz CT molecular complexity index is 1230. The zero-order chi connectivity index (χ0) is 25.1. The highest BCUT2D eigenvalue weighted by atomic mass is 32.2. The number of aromatic nitrogens is 4. The summed E-state index contributed by atoms with van der Waals surface area (Å²) in [7, 11) is 1.67. The van der Waals surface area contributed by atoms with Crippen molar-refractivity contribution in [2.75, 3.05) is 18.1 Å². The summed E-state index contributed by atoms with van der Waals surface area (Å²) in [6.45, 7) is 1.91. The van der Waals surface area contributed by atoms with E-state index in [1.165, 1.54) is 45.2 Å². The van der Waals surface area contributed by atoms with Crippen molar-refractivity contribution < 1.29 is 29.4 Å². The first kappa shape index (κ1) is 24.5. The van der Waals surface area contributed by atoms with Crippen LogP contribution in [-0.2, 0) is 26.3 Å². The van der Waals surface area contributed by atoms with Gasteiger partial charge in [0, 0.05) is 24.1 Å². The molecule has 2 atom stereocenters. The summed E-state index contributed by atoms with van der Waals surface area (Å²) >= 11 is 2.62. The smallest absolute Gasteiger partial charge is 0.352 e. The van der Waals surface area contributed by atoms with Gasteiger partial charge in [-0.1, -0.05) is 29.1 Å². The second-order valence-electron chi connectivity index (χ2n) is 7.40. The van der Waals surface area contributed by atoms with E-state index in [2.05, 4.69) is 26.0 Å². The number of carboxylic acid groups (broad SMARTS) is 1. The van der Waals surface area contributed by atoms with E-state index in [0.29, 0.717) is 27.8 Å². The molecule has 0 saturated carbocycles. The van der Waals surface area contributed by atoms with Crippen molar-refractivity contribution in [3.05, 3.63) is 41.1 Å². The molecule has 0 aliphatic carbocycles.